The maximum atomic E-state index is 13.1. The zero-order valence-electron chi connectivity index (χ0n) is 18.5. The Morgan fingerprint density at radius 2 is 1.72 bits per heavy atom. The predicted octanol–water partition coefficient (Wildman–Crippen LogP) is 6.04. The van der Waals surface area contributed by atoms with Crippen LogP contribution in [0, 0.1) is 6.92 Å². The summed E-state index contributed by atoms with van der Waals surface area (Å²) in [7, 11) is 0. The Labute approximate surface area is 196 Å². The Bertz CT molecular complexity index is 1010. The summed E-state index contributed by atoms with van der Waals surface area (Å²) >= 11 is 12.6. The van der Waals surface area contributed by atoms with E-state index < -0.39 is 11.6 Å². The topological polar surface area (TPSA) is 81.9 Å². The number of esters is 1. The number of carbonyl (C=O) groups excluding carboxylic acids is 2. The van der Waals surface area contributed by atoms with Crippen LogP contribution < -0.4 is 0 Å². The second-order valence-electron chi connectivity index (χ2n) is 9.33. The molecule has 2 unspecified atom stereocenters. The Hall–Kier alpha value is -2.25. The van der Waals surface area contributed by atoms with E-state index in [0.29, 0.717) is 34.2 Å². The maximum Gasteiger partial charge on any atom is 0.410 e. The molecular formula is C23H26Cl2N2O5. The summed E-state index contributed by atoms with van der Waals surface area (Å²) < 4.78 is 16.7. The molecule has 2 aliphatic rings. The average Bonchev–Trinajstić information content (AvgIpc) is 3.18. The number of nitrogens with zero attached hydrogens (tertiary/aromatic N) is 2. The zero-order chi connectivity index (χ0) is 23.2. The molecule has 2 aromatic rings. The number of aromatic nitrogens is 1. The first-order chi connectivity index (χ1) is 15.0. The second kappa shape index (κ2) is 8.60. The van der Waals surface area contributed by atoms with Crippen LogP contribution in [0.3, 0.4) is 0 Å². The Balaban J connectivity index is 1.50. The fourth-order valence-corrected chi connectivity index (χ4v) is 5.13. The van der Waals surface area contributed by atoms with Crippen molar-refractivity contribution in [2.45, 2.75) is 77.2 Å². The van der Waals surface area contributed by atoms with E-state index in [1.807, 2.05) is 25.7 Å². The van der Waals surface area contributed by atoms with Gasteiger partial charge in [-0.1, -0.05) is 34.4 Å². The molecule has 0 spiro atoms. The number of ether oxygens (including phenoxy) is 2. The minimum atomic E-state index is -0.554. The molecule has 32 heavy (non-hydrogen) atoms. The molecule has 0 radical (unpaired) electrons. The van der Waals surface area contributed by atoms with Crippen LogP contribution in [0.4, 0.5) is 4.79 Å². The van der Waals surface area contributed by atoms with E-state index in [2.05, 4.69) is 5.16 Å². The molecule has 0 saturated carbocycles. The number of hydrogen-bond donors (Lipinski definition) is 0. The molecule has 7 nitrogen and oxygen atoms in total. The third-order valence-corrected chi connectivity index (χ3v) is 6.46. The molecule has 3 heterocycles. The third-order valence-electron chi connectivity index (χ3n) is 5.83. The van der Waals surface area contributed by atoms with Gasteiger partial charge in [0.25, 0.3) is 0 Å². The Kier molecular flexibility index (Phi) is 6.16. The van der Waals surface area contributed by atoms with Crippen LogP contribution in [0.15, 0.2) is 22.7 Å². The fourth-order valence-electron chi connectivity index (χ4n) is 4.55. The molecule has 1 aromatic carbocycles. The van der Waals surface area contributed by atoms with E-state index in [0.717, 1.165) is 12.8 Å². The summed E-state index contributed by atoms with van der Waals surface area (Å²) in [6.07, 6.45) is 2.24. The van der Waals surface area contributed by atoms with E-state index in [9.17, 15) is 9.59 Å². The molecule has 1 aromatic heterocycles. The van der Waals surface area contributed by atoms with Gasteiger partial charge in [-0.15, -0.1) is 0 Å². The van der Waals surface area contributed by atoms with Gasteiger partial charge in [0.15, 0.2) is 0 Å². The summed E-state index contributed by atoms with van der Waals surface area (Å²) in [6, 6.07) is 5.04. The van der Waals surface area contributed by atoms with Crippen molar-refractivity contribution >= 4 is 35.3 Å². The lowest BCUT2D eigenvalue weighted by molar-refractivity contribution is -0.0226. The first-order valence-corrected chi connectivity index (χ1v) is 11.4. The minimum Gasteiger partial charge on any atom is -0.458 e. The highest BCUT2D eigenvalue weighted by Crippen LogP contribution is 2.40. The third kappa shape index (κ3) is 4.46. The van der Waals surface area contributed by atoms with Gasteiger partial charge in [-0.2, -0.15) is 0 Å². The van der Waals surface area contributed by atoms with E-state index in [4.69, 9.17) is 37.2 Å². The van der Waals surface area contributed by atoms with Gasteiger partial charge < -0.3 is 18.9 Å². The normalized spacial score (nSPS) is 22.7. The van der Waals surface area contributed by atoms with Gasteiger partial charge in [0.1, 0.15) is 28.7 Å². The highest BCUT2D eigenvalue weighted by molar-refractivity contribution is 6.39. The van der Waals surface area contributed by atoms with Crippen LogP contribution in [0.2, 0.25) is 10.0 Å². The number of carbonyl (C=O) groups is 2. The van der Waals surface area contributed by atoms with Gasteiger partial charge in [-0.05, 0) is 52.7 Å². The summed E-state index contributed by atoms with van der Waals surface area (Å²) in [5, 5.41) is 4.75. The molecule has 3 atom stereocenters. The maximum absolute atomic E-state index is 13.1. The zero-order valence-corrected chi connectivity index (χ0v) is 20.0. The van der Waals surface area contributed by atoms with Gasteiger partial charge in [-0.25, -0.2) is 9.59 Å². The van der Waals surface area contributed by atoms with Crippen LogP contribution in [0.5, 0.6) is 0 Å². The summed E-state index contributed by atoms with van der Waals surface area (Å²) in [4.78, 5) is 27.6. The number of aryl methyl sites for hydroxylation is 1. The van der Waals surface area contributed by atoms with Crippen molar-refractivity contribution < 1.29 is 23.6 Å². The SMILES string of the molecule is Cc1onc(-c2c(Cl)cccc2Cl)c1C(=O)OC1CC2CC[C@H](C1)N2C(=O)OC(C)(C)C. The van der Waals surface area contributed by atoms with Crippen LogP contribution in [-0.2, 0) is 9.47 Å². The van der Waals surface area contributed by atoms with Crippen molar-refractivity contribution in [3.05, 3.63) is 39.6 Å². The first kappa shape index (κ1) is 22.9. The minimum absolute atomic E-state index is 0.0116. The molecular weight excluding hydrogens is 455 g/mol. The van der Waals surface area contributed by atoms with Crippen molar-refractivity contribution in [2.24, 2.45) is 0 Å². The summed E-state index contributed by atoms with van der Waals surface area (Å²) in [5.74, 6) is -0.208. The lowest BCUT2D eigenvalue weighted by Crippen LogP contribution is -2.50. The number of benzene rings is 1. The molecule has 0 N–H and O–H groups in total. The molecule has 1 amide bonds. The quantitative estimate of drug-likeness (QED) is 0.497. The first-order valence-electron chi connectivity index (χ1n) is 10.7. The Morgan fingerprint density at radius 3 is 2.28 bits per heavy atom. The number of piperidine rings is 1. The second-order valence-corrected chi connectivity index (χ2v) is 10.1. The van der Waals surface area contributed by atoms with Crippen LogP contribution >= 0.6 is 23.2 Å². The lowest BCUT2D eigenvalue weighted by atomic mass is 10.00. The largest absolute Gasteiger partial charge is 0.458 e. The van der Waals surface area contributed by atoms with Gasteiger partial charge in [0.2, 0.25) is 0 Å². The van der Waals surface area contributed by atoms with Crippen molar-refractivity contribution in [2.75, 3.05) is 0 Å². The van der Waals surface area contributed by atoms with E-state index in [-0.39, 0.29) is 35.5 Å². The average molecular weight is 481 g/mol. The van der Waals surface area contributed by atoms with Crippen LogP contribution in [-0.4, -0.2) is 45.9 Å². The number of halogens is 2. The molecule has 4 rings (SSSR count). The molecule has 172 valence electrons. The van der Waals surface area contributed by atoms with Crippen molar-refractivity contribution in [3.8, 4) is 11.3 Å². The molecule has 0 aliphatic carbocycles. The van der Waals surface area contributed by atoms with Crippen molar-refractivity contribution in [1.82, 2.24) is 10.1 Å². The molecule has 2 saturated heterocycles. The fraction of sp³-hybridized carbons (Fsp3) is 0.522. The van der Waals surface area contributed by atoms with Gasteiger partial charge >= 0.3 is 12.1 Å². The molecule has 2 aliphatic heterocycles. The smallest absolute Gasteiger partial charge is 0.410 e. The highest BCUT2D eigenvalue weighted by Gasteiger charge is 2.46. The summed E-state index contributed by atoms with van der Waals surface area (Å²) in [6.45, 7) is 7.20. The summed E-state index contributed by atoms with van der Waals surface area (Å²) in [5.41, 5.74) is 0.348. The van der Waals surface area contributed by atoms with Crippen LogP contribution in [0.1, 0.15) is 62.6 Å². The lowest BCUT2D eigenvalue weighted by Gasteiger charge is -2.39. The van der Waals surface area contributed by atoms with Crippen molar-refractivity contribution in [3.63, 3.8) is 0 Å². The molecule has 9 heteroatoms. The number of fused-ring (bicyclic) bond motifs is 2. The number of rotatable bonds is 3. The standard InChI is InChI=1S/C23H26Cl2N2O5/c1-12-18(20(26-32-12)19-16(24)6-5-7-17(19)25)21(28)30-15-10-13-8-9-14(11-15)27(13)22(29)31-23(2,3)4/h5-7,13-15H,8-11H2,1-4H3/t13-,14?,15?/m1/s1. The monoisotopic (exact) mass is 480 g/mol. The molecule has 2 fully saturated rings. The van der Waals surface area contributed by atoms with Crippen LogP contribution in [0.25, 0.3) is 11.3 Å². The van der Waals surface area contributed by atoms with E-state index >= 15 is 0 Å². The molecule has 2 bridgehead atoms. The number of amides is 1. The van der Waals surface area contributed by atoms with Gasteiger partial charge in [0.05, 0.1) is 10.0 Å². The van der Waals surface area contributed by atoms with E-state index in [1.165, 1.54) is 0 Å². The number of hydrogen-bond acceptors (Lipinski definition) is 6. The van der Waals surface area contributed by atoms with E-state index in [1.54, 1.807) is 25.1 Å². The van der Waals surface area contributed by atoms with Gasteiger partial charge in [-0.3, -0.25) is 0 Å². The highest BCUT2D eigenvalue weighted by atomic mass is 35.5. The predicted molar refractivity (Wildman–Crippen MR) is 120 cm³/mol. The van der Waals surface area contributed by atoms with Gasteiger partial charge in [0, 0.05) is 30.5 Å². The Morgan fingerprint density at radius 1 is 1.12 bits per heavy atom. The van der Waals surface area contributed by atoms with Crippen molar-refractivity contribution in [1.29, 1.82) is 0 Å².